The van der Waals surface area contributed by atoms with Crippen LogP contribution in [0.5, 0.6) is 0 Å². The van der Waals surface area contributed by atoms with Crippen LogP contribution in [0.4, 0.5) is 0 Å². The first-order chi connectivity index (χ1) is 10.1. The molecular formula is C17H27BrN2O. The minimum atomic E-state index is 0.612. The Hall–Kier alpha value is -0.420. The molecule has 0 aromatic heterocycles. The molecule has 2 rings (SSSR count). The van der Waals surface area contributed by atoms with E-state index in [9.17, 15) is 0 Å². The lowest BCUT2D eigenvalue weighted by Gasteiger charge is -2.35. The highest BCUT2D eigenvalue weighted by molar-refractivity contribution is 9.10. The van der Waals surface area contributed by atoms with E-state index in [1.807, 2.05) is 0 Å². The first-order valence-corrected chi connectivity index (χ1v) is 8.71. The first-order valence-electron chi connectivity index (χ1n) is 7.92. The number of morpholine rings is 1. The highest BCUT2D eigenvalue weighted by Crippen LogP contribution is 2.14. The maximum Gasteiger partial charge on any atom is 0.0594 e. The van der Waals surface area contributed by atoms with Crippen LogP contribution in [0.3, 0.4) is 0 Å². The Balaban J connectivity index is 1.83. The van der Waals surface area contributed by atoms with Crippen molar-refractivity contribution in [3.05, 3.63) is 34.3 Å². The van der Waals surface area contributed by atoms with Crippen LogP contribution in [0.25, 0.3) is 0 Å². The van der Waals surface area contributed by atoms with Crippen LogP contribution in [0.15, 0.2) is 28.7 Å². The largest absolute Gasteiger partial charge is 0.379 e. The number of rotatable bonds is 7. The van der Waals surface area contributed by atoms with Gasteiger partial charge in [0.15, 0.2) is 0 Å². The van der Waals surface area contributed by atoms with Crippen LogP contribution in [0, 0.1) is 5.92 Å². The summed E-state index contributed by atoms with van der Waals surface area (Å²) in [5.74, 6) is 0.727. The van der Waals surface area contributed by atoms with E-state index in [-0.39, 0.29) is 0 Å². The zero-order valence-electron chi connectivity index (χ0n) is 13.1. The van der Waals surface area contributed by atoms with Crippen molar-refractivity contribution in [3.8, 4) is 0 Å². The molecule has 21 heavy (non-hydrogen) atoms. The average Bonchev–Trinajstić information content (AvgIpc) is 2.47. The summed E-state index contributed by atoms with van der Waals surface area (Å²) >= 11 is 3.53. The molecular weight excluding hydrogens is 328 g/mol. The number of hydrogen-bond acceptors (Lipinski definition) is 3. The van der Waals surface area contributed by atoms with Gasteiger partial charge in [-0.05, 0) is 30.0 Å². The zero-order valence-corrected chi connectivity index (χ0v) is 14.7. The Morgan fingerprint density at radius 1 is 1.29 bits per heavy atom. The van der Waals surface area contributed by atoms with Crippen molar-refractivity contribution in [2.75, 3.05) is 32.8 Å². The topological polar surface area (TPSA) is 24.5 Å². The molecule has 4 heteroatoms. The van der Waals surface area contributed by atoms with Gasteiger partial charge < -0.3 is 10.1 Å². The van der Waals surface area contributed by atoms with Gasteiger partial charge in [0, 0.05) is 36.7 Å². The van der Waals surface area contributed by atoms with Crippen LogP contribution in [0.1, 0.15) is 25.8 Å². The van der Waals surface area contributed by atoms with Crippen molar-refractivity contribution < 1.29 is 4.74 Å². The maximum atomic E-state index is 5.47. The van der Waals surface area contributed by atoms with Gasteiger partial charge in [-0.2, -0.15) is 0 Å². The summed E-state index contributed by atoms with van der Waals surface area (Å²) in [5, 5.41) is 3.63. The van der Waals surface area contributed by atoms with E-state index >= 15 is 0 Å². The Bertz CT molecular complexity index is 419. The molecule has 1 aromatic carbocycles. The molecule has 1 saturated heterocycles. The predicted molar refractivity (Wildman–Crippen MR) is 91.5 cm³/mol. The highest BCUT2D eigenvalue weighted by Gasteiger charge is 2.21. The standard InChI is InChI=1S/C17H27BrN2O/c1-14(2)10-17(20-6-8-21-9-7-20)13-19-12-15-4-3-5-16(18)11-15/h3-5,11,14,17,19H,6-10,12-13H2,1-2H3. The molecule has 0 radical (unpaired) electrons. The maximum absolute atomic E-state index is 5.47. The predicted octanol–water partition coefficient (Wildman–Crippen LogP) is 3.29. The lowest BCUT2D eigenvalue weighted by atomic mass is 10.0. The third kappa shape index (κ3) is 6.07. The zero-order chi connectivity index (χ0) is 15.1. The molecule has 0 amide bonds. The molecule has 1 atom stereocenters. The van der Waals surface area contributed by atoms with Crippen LogP contribution >= 0.6 is 15.9 Å². The number of halogens is 1. The lowest BCUT2D eigenvalue weighted by molar-refractivity contribution is 0.0123. The van der Waals surface area contributed by atoms with E-state index in [1.165, 1.54) is 12.0 Å². The van der Waals surface area contributed by atoms with Crippen molar-refractivity contribution in [1.29, 1.82) is 0 Å². The van der Waals surface area contributed by atoms with E-state index in [4.69, 9.17) is 4.74 Å². The second kappa shape index (κ2) is 8.89. The van der Waals surface area contributed by atoms with Gasteiger partial charge in [-0.15, -0.1) is 0 Å². The van der Waals surface area contributed by atoms with Crippen LogP contribution in [0.2, 0.25) is 0 Å². The van der Waals surface area contributed by atoms with Crippen molar-refractivity contribution in [3.63, 3.8) is 0 Å². The van der Waals surface area contributed by atoms with Gasteiger partial charge in [0.25, 0.3) is 0 Å². The van der Waals surface area contributed by atoms with E-state index < -0.39 is 0 Å². The smallest absolute Gasteiger partial charge is 0.0594 e. The Morgan fingerprint density at radius 2 is 2.05 bits per heavy atom. The lowest BCUT2D eigenvalue weighted by Crippen LogP contribution is -2.48. The fourth-order valence-electron chi connectivity index (χ4n) is 2.88. The second-order valence-corrected chi connectivity index (χ2v) is 7.11. The molecule has 0 aliphatic carbocycles. The van der Waals surface area contributed by atoms with E-state index in [0.29, 0.717) is 6.04 Å². The minimum absolute atomic E-state index is 0.612. The third-order valence-corrected chi connectivity index (χ3v) is 4.40. The summed E-state index contributed by atoms with van der Waals surface area (Å²) < 4.78 is 6.62. The summed E-state index contributed by atoms with van der Waals surface area (Å²) in [6.07, 6.45) is 1.24. The molecule has 118 valence electrons. The SMILES string of the molecule is CC(C)CC(CNCc1cccc(Br)c1)N1CCOCC1. The van der Waals surface area contributed by atoms with Crippen molar-refractivity contribution in [1.82, 2.24) is 10.2 Å². The average molecular weight is 355 g/mol. The quantitative estimate of drug-likeness (QED) is 0.812. The fourth-order valence-corrected chi connectivity index (χ4v) is 3.32. The van der Waals surface area contributed by atoms with Gasteiger partial charge in [-0.25, -0.2) is 0 Å². The fraction of sp³-hybridized carbons (Fsp3) is 0.647. The molecule has 0 spiro atoms. The molecule has 0 bridgehead atoms. The molecule has 3 nitrogen and oxygen atoms in total. The molecule has 1 N–H and O–H groups in total. The van der Waals surface area contributed by atoms with Gasteiger partial charge in [-0.1, -0.05) is 41.9 Å². The number of nitrogens with one attached hydrogen (secondary N) is 1. The number of ether oxygens (including phenoxy) is 1. The summed E-state index contributed by atoms with van der Waals surface area (Å²) in [7, 11) is 0. The third-order valence-electron chi connectivity index (χ3n) is 3.90. The van der Waals surface area contributed by atoms with Crippen molar-refractivity contribution >= 4 is 15.9 Å². The van der Waals surface area contributed by atoms with Gasteiger partial charge in [0.05, 0.1) is 13.2 Å². The minimum Gasteiger partial charge on any atom is -0.379 e. The van der Waals surface area contributed by atoms with Gasteiger partial charge in [0.2, 0.25) is 0 Å². The molecule has 1 aromatic rings. The molecule has 1 unspecified atom stereocenters. The molecule has 1 fully saturated rings. The van der Waals surface area contributed by atoms with Gasteiger partial charge >= 0.3 is 0 Å². The van der Waals surface area contributed by atoms with Gasteiger partial charge in [-0.3, -0.25) is 4.90 Å². The highest BCUT2D eigenvalue weighted by atomic mass is 79.9. The van der Waals surface area contributed by atoms with E-state index in [0.717, 1.165) is 49.8 Å². The van der Waals surface area contributed by atoms with E-state index in [1.54, 1.807) is 0 Å². The summed E-state index contributed by atoms with van der Waals surface area (Å²) in [5.41, 5.74) is 1.33. The molecule has 0 saturated carbocycles. The number of nitrogens with zero attached hydrogens (tertiary/aromatic N) is 1. The normalized spacial score (nSPS) is 18.1. The summed E-state index contributed by atoms with van der Waals surface area (Å²) in [6, 6.07) is 9.12. The Morgan fingerprint density at radius 3 is 2.71 bits per heavy atom. The molecule has 1 heterocycles. The van der Waals surface area contributed by atoms with Crippen LogP contribution < -0.4 is 5.32 Å². The molecule has 1 aliphatic heterocycles. The van der Waals surface area contributed by atoms with Crippen molar-refractivity contribution in [2.45, 2.75) is 32.9 Å². The van der Waals surface area contributed by atoms with Gasteiger partial charge in [0.1, 0.15) is 0 Å². The second-order valence-electron chi connectivity index (χ2n) is 6.19. The first kappa shape index (κ1) is 16.9. The van der Waals surface area contributed by atoms with E-state index in [2.05, 4.69) is 64.3 Å². The summed E-state index contributed by atoms with van der Waals surface area (Å²) in [6.45, 7) is 10.5. The Kier molecular flexibility index (Phi) is 7.17. The summed E-state index contributed by atoms with van der Waals surface area (Å²) in [4.78, 5) is 2.58. The number of hydrogen-bond donors (Lipinski definition) is 1. The monoisotopic (exact) mass is 354 g/mol. The van der Waals surface area contributed by atoms with Crippen LogP contribution in [-0.2, 0) is 11.3 Å². The van der Waals surface area contributed by atoms with Crippen molar-refractivity contribution in [2.24, 2.45) is 5.92 Å². The molecule has 1 aliphatic rings. The Labute approximate surface area is 137 Å². The number of benzene rings is 1. The van der Waals surface area contributed by atoms with Crippen LogP contribution in [-0.4, -0.2) is 43.8 Å².